The van der Waals surface area contributed by atoms with Crippen molar-refractivity contribution in [1.82, 2.24) is 5.32 Å². The Labute approximate surface area is 424 Å². The fraction of sp³-hybridized carbons (Fsp3) is 0.915. The Morgan fingerprint density at radius 3 is 1.13 bits per heavy atom. The highest BCUT2D eigenvalue weighted by Crippen LogP contribution is 2.43. The highest BCUT2D eigenvalue weighted by Gasteiger charge is 2.27. The summed E-state index contributed by atoms with van der Waals surface area (Å²) in [5, 5.41) is 14.0. The summed E-state index contributed by atoms with van der Waals surface area (Å²) in [4.78, 5) is 23.3. The summed E-state index contributed by atoms with van der Waals surface area (Å²) in [6.07, 6.45) is 64.2. The van der Waals surface area contributed by atoms with Gasteiger partial charge in [-0.25, -0.2) is 4.57 Å². The first-order valence-corrected chi connectivity index (χ1v) is 31.2. The average molecular weight is 983 g/mol. The minimum Gasteiger partial charge on any atom is -0.387 e. The Morgan fingerprint density at radius 2 is 0.794 bits per heavy atom. The van der Waals surface area contributed by atoms with Crippen molar-refractivity contribution in [2.75, 3.05) is 40.9 Å². The zero-order valence-corrected chi connectivity index (χ0v) is 47.0. The van der Waals surface area contributed by atoms with Gasteiger partial charge in [0.15, 0.2) is 0 Å². The highest BCUT2D eigenvalue weighted by atomic mass is 31.2. The number of unbranched alkanes of at least 4 members (excludes halogenated alkanes) is 40. The number of aliphatic hydroxyl groups is 1. The standard InChI is InChI=1S/C59H117N2O6P/c1-6-8-10-12-14-16-18-20-22-24-26-28-30-32-34-36-38-40-42-44-46-48-50-52-58(62)57(56-67-68(64,65)66-55-54-61(3,4)5)60-59(63)53-51-49-47-45-43-41-39-37-35-33-31-29-27-25-23-21-19-17-15-13-11-9-7-2/h25,27,50,52,57-58,62H,6-24,26,28-49,51,53-56H2,1-5H3,(H-,60,63,64,65)/p+1/b27-25-,52-50+. The van der Waals surface area contributed by atoms with E-state index in [1.165, 1.54) is 244 Å². The fourth-order valence-corrected chi connectivity index (χ4v) is 9.72. The molecule has 0 aromatic heterocycles. The molecule has 0 aromatic carbocycles. The minimum absolute atomic E-state index is 0.0633. The summed E-state index contributed by atoms with van der Waals surface area (Å²) in [7, 11) is 1.58. The first-order chi connectivity index (χ1) is 33.0. The smallest absolute Gasteiger partial charge is 0.387 e. The first kappa shape index (κ1) is 67.0. The maximum atomic E-state index is 13.0. The molecule has 0 aliphatic carbocycles. The summed E-state index contributed by atoms with van der Waals surface area (Å²) >= 11 is 0. The number of phosphoric acid groups is 1. The molecular formula is C59H118N2O6P+. The number of allylic oxidation sites excluding steroid dienone is 3. The van der Waals surface area contributed by atoms with E-state index >= 15 is 0 Å². The van der Waals surface area contributed by atoms with Crippen molar-refractivity contribution >= 4 is 13.7 Å². The van der Waals surface area contributed by atoms with Crippen LogP contribution in [0, 0.1) is 0 Å². The van der Waals surface area contributed by atoms with Gasteiger partial charge in [0.25, 0.3) is 0 Å². The van der Waals surface area contributed by atoms with E-state index in [-0.39, 0.29) is 19.1 Å². The van der Waals surface area contributed by atoms with Crippen LogP contribution in [0.1, 0.15) is 296 Å². The van der Waals surface area contributed by atoms with Crippen LogP contribution in [0.15, 0.2) is 24.3 Å². The number of phosphoric ester groups is 1. The number of aliphatic hydroxyl groups excluding tert-OH is 1. The number of nitrogens with zero attached hydrogens (tertiary/aromatic N) is 1. The van der Waals surface area contributed by atoms with Gasteiger partial charge in [0.05, 0.1) is 39.9 Å². The third-order valence-electron chi connectivity index (χ3n) is 13.7. The van der Waals surface area contributed by atoms with E-state index in [1.54, 1.807) is 6.08 Å². The van der Waals surface area contributed by atoms with Crippen LogP contribution in [0.2, 0.25) is 0 Å². The van der Waals surface area contributed by atoms with Gasteiger partial charge in [0.2, 0.25) is 5.91 Å². The molecule has 9 heteroatoms. The molecule has 0 saturated carbocycles. The molecule has 1 amide bonds. The van der Waals surface area contributed by atoms with E-state index in [1.807, 2.05) is 27.2 Å². The van der Waals surface area contributed by atoms with Gasteiger partial charge in [-0.3, -0.25) is 13.8 Å². The Hall–Kier alpha value is -1.02. The lowest BCUT2D eigenvalue weighted by atomic mass is 10.0. The van der Waals surface area contributed by atoms with Gasteiger partial charge < -0.3 is 19.8 Å². The monoisotopic (exact) mass is 982 g/mol. The number of carbonyl (C=O) groups excluding carboxylic acids is 1. The van der Waals surface area contributed by atoms with Crippen LogP contribution in [-0.2, 0) is 18.4 Å². The molecule has 404 valence electrons. The fourth-order valence-electron chi connectivity index (χ4n) is 8.98. The van der Waals surface area contributed by atoms with Crippen molar-refractivity contribution in [3.8, 4) is 0 Å². The summed E-state index contributed by atoms with van der Waals surface area (Å²) in [6.45, 7) is 4.86. The van der Waals surface area contributed by atoms with Gasteiger partial charge in [0.1, 0.15) is 13.2 Å². The second-order valence-corrected chi connectivity index (χ2v) is 23.2. The molecule has 3 N–H and O–H groups in total. The average Bonchev–Trinajstić information content (AvgIpc) is 3.30. The number of quaternary nitrogens is 1. The quantitative estimate of drug-likeness (QED) is 0.0243. The Bertz CT molecular complexity index is 1160. The molecule has 0 aromatic rings. The molecule has 0 rings (SSSR count). The van der Waals surface area contributed by atoms with Crippen LogP contribution < -0.4 is 5.32 Å². The van der Waals surface area contributed by atoms with E-state index in [9.17, 15) is 19.4 Å². The van der Waals surface area contributed by atoms with Crippen molar-refractivity contribution in [2.45, 2.75) is 309 Å². The molecule has 68 heavy (non-hydrogen) atoms. The molecule has 0 heterocycles. The number of hydrogen-bond acceptors (Lipinski definition) is 5. The summed E-state index contributed by atoms with van der Waals surface area (Å²) in [6, 6.07) is -0.845. The summed E-state index contributed by atoms with van der Waals surface area (Å²) in [5.74, 6) is -0.173. The third-order valence-corrected chi connectivity index (χ3v) is 14.6. The lowest BCUT2D eigenvalue weighted by Crippen LogP contribution is -2.45. The lowest BCUT2D eigenvalue weighted by Gasteiger charge is -2.25. The molecule has 8 nitrogen and oxygen atoms in total. The van der Waals surface area contributed by atoms with Crippen molar-refractivity contribution in [2.24, 2.45) is 0 Å². The molecular weight excluding hydrogens is 864 g/mol. The van der Waals surface area contributed by atoms with Gasteiger partial charge in [-0.2, -0.15) is 0 Å². The largest absolute Gasteiger partial charge is 0.472 e. The predicted octanol–water partition coefficient (Wildman–Crippen LogP) is 18.0. The molecule has 3 unspecified atom stereocenters. The number of likely N-dealkylation sites (N-methyl/N-ethyl adjacent to an activating group) is 1. The van der Waals surface area contributed by atoms with Crippen molar-refractivity contribution < 1.29 is 32.9 Å². The van der Waals surface area contributed by atoms with Crippen LogP contribution in [0.3, 0.4) is 0 Å². The van der Waals surface area contributed by atoms with E-state index in [4.69, 9.17) is 9.05 Å². The Kier molecular flexibility index (Phi) is 50.1. The van der Waals surface area contributed by atoms with Crippen LogP contribution in [0.5, 0.6) is 0 Å². The van der Waals surface area contributed by atoms with Crippen LogP contribution in [-0.4, -0.2) is 73.4 Å². The number of hydrogen-bond donors (Lipinski definition) is 3. The molecule has 0 aliphatic rings. The number of nitrogens with one attached hydrogen (secondary N) is 1. The Balaban J connectivity index is 4.19. The SMILES string of the molecule is CCCCCCCCCC/C=C\CCCCCCCCCCCCCC(=O)NC(COP(=O)(O)OCC[N+](C)(C)C)C(O)/C=C/CCCCCCCCCCCCCCCCCCCCCCC. The molecule has 0 fully saturated rings. The topological polar surface area (TPSA) is 105 Å². The van der Waals surface area contributed by atoms with Crippen LogP contribution in [0.25, 0.3) is 0 Å². The molecule has 3 atom stereocenters. The molecule has 0 aliphatic heterocycles. The maximum absolute atomic E-state index is 13.0. The van der Waals surface area contributed by atoms with Crippen molar-refractivity contribution in [1.29, 1.82) is 0 Å². The van der Waals surface area contributed by atoms with Crippen molar-refractivity contribution in [3.05, 3.63) is 24.3 Å². The minimum atomic E-state index is -4.35. The lowest BCUT2D eigenvalue weighted by molar-refractivity contribution is -0.870. The van der Waals surface area contributed by atoms with E-state index in [0.29, 0.717) is 17.4 Å². The number of rotatable bonds is 55. The zero-order chi connectivity index (χ0) is 49.9. The van der Waals surface area contributed by atoms with Gasteiger partial charge in [0, 0.05) is 6.42 Å². The van der Waals surface area contributed by atoms with Crippen molar-refractivity contribution in [3.63, 3.8) is 0 Å². The second kappa shape index (κ2) is 50.9. The molecule has 0 radical (unpaired) electrons. The second-order valence-electron chi connectivity index (χ2n) is 21.7. The van der Waals surface area contributed by atoms with Crippen LogP contribution in [0.4, 0.5) is 0 Å². The number of amides is 1. The molecule has 0 spiro atoms. The van der Waals surface area contributed by atoms with Gasteiger partial charge >= 0.3 is 7.82 Å². The normalized spacial score (nSPS) is 14.0. The van der Waals surface area contributed by atoms with E-state index < -0.39 is 20.0 Å². The molecule has 0 bridgehead atoms. The number of carbonyl (C=O) groups is 1. The highest BCUT2D eigenvalue weighted by molar-refractivity contribution is 7.47. The summed E-state index contributed by atoms with van der Waals surface area (Å²) in [5.41, 5.74) is 0. The van der Waals surface area contributed by atoms with E-state index in [0.717, 1.165) is 32.1 Å². The third kappa shape index (κ3) is 52.8. The van der Waals surface area contributed by atoms with E-state index in [2.05, 4.69) is 31.3 Å². The van der Waals surface area contributed by atoms with Gasteiger partial charge in [-0.05, 0) is 44.9 Å². The van der Waals surface area contributed by atoms with Gasteiger partial charge in [-0.15, -0.1) is 0 Å². The first-order valence-electron chi connectivity index (χ1n) is 29.7. The van der Waals surface area contributed by atoms with Crippen LogP contribution >= 0.6 is 7.82 Å². The Morgan fingerprint density at radius 1 is 0.485 bits per heavy atom. The summed E-state index contributed by atoms with van der Waals surface area (Å²) < 4.78 is 23.7. The predicted molar refractivity (Wildman–Crippen MR) is 295 cm³/mol. The van der Waals surface area contributed by atoms with Gasteiger partial charge in [-0.1, -0.05) is 269 Å². The maximum Gasteiger partial charge on any atom is 0.472 e. The molecule has 0 saturated heterocycles. The zero-order valence-electron chi connectivity index (χ0n) is 46.1.